The van der Waals surface area contributed by atoms with Gasteiger partial charge in [0.2, 0.25) is 0 Å². The molecular formula is C14H18ClNO4. The summed E-state index contributed by atoms with van der Waals surface area (Å²) in [5.41, 5.74) is 0.504. The van der Waals surface area contributed by atoms with Crippen molar-refractivity contribution >= 4 is 17.5 Å². The number of ether oxygens (including phenoxy) is 3. The molecule has 1 amide bonds. The highest BCUT2D eigenvalue weighted by Gasteiger charge is 2.19. The van der Waals surface area contributed by atoms with Crippen molar-refractivity contribution < 1.29 is 19.0 Å². The number of hydrogen-bond donors (Lipinski definition) is 1. The number of alkyl halides is 1. The Morgan fingerprint density at radius 2 is 2.15 bits per heavy atom. The number of para-hydroxylation sites is 1. The van der Waals surface area contributed by atoms with Gasteiger partial charge in [0.05, 0.1) is 12.2 Å². The minimum Gasteiger partial charge on any atom is -0.486 e. The fraction of sp³-hybridized carbons (Fsp3) is 0.500. The normalized spacial score (nSPS) is 13.1. The highest BCUT2D eigenvalue weighted by molar-refractivity contribution is 6.17. The fourth-order valence-electron chi connectivity index (χ4n) is 1.88. The second-order valence-corrected chi connectivity index (χ2v) is 4.62. The van der Waals surface area contributed by atoms with Crippen LogP contribution in [0.3, 0.4) is 0 Å². The van der Waals surface area contributed by atoms with Gasteiger partial charge in [-0.05, 0) is 18.6 Å². The topological polar surface area (TPSA) is 56.8 Å². The third kappa shape index (κ3) is 4.02. The van der Waals surface area contributed by atoms with Gasteiger partial charge in [0.25, 0.3) is 5.91 Å². The number of carbonyl (C=O) groups is 1. The molecule has 1 heterocycles. The van der Waals surface area contributed by atoms with Crippen LogP contribution in [0.4, 0.5) is 0 Å². The van der Waals surface area contributed by atoms with Gasteiger partial charge in [-0.3, -0.25) is 4.79 Å². The van der Waals surface area contributed by atoms with Crippen molar-refractivity contribution in [2.75, 3.05) is 38.9 Å². The molecule has 0 saturated heterocycles. The van der Waals surface area contributed by atoms with Crippen molar-refractivity contribution in [3.8, 4) is 11.5 Å². The molecule has 0 fully saturated rings. The maximum atomic E-state index is 12.1. The Morgan fingerprint density at radius 3 is 3.00 bits per heavy atom. The van der Waals surface area contributed by atoms with E-state index in [0.717, 1.165) is 6.42 Å². The summed E-state index contributed by atoms with van der Waals surface area (Å²) in [5.74, 6) is 1.47. The van der Waals surface area contributed by atoms with E-state index in [9.17, 15) is 4.79 Å². The summed E-state index contributed by atoms with van der Waals surface area (Å²) >= 11 is 5.49. The van der Waals surface area contributed by atoms with Crippen molar-refractivity contribution in [3.63, 3.8) is 0 Å². The Kier molecular flexibility index (Phi) is 5.95. The molecule has 0 spiro atoms. The SMILES string of the molecule is O=C(NCCCOCCCl)c1cccc2c1OCCO2. The Labute approximate surface area is 123 Å². The minimum atomic E-state index is -0.162. The van der Waals surface area contributed by atoms with Crippen molar-refractivity contribution in [1.29, 1.82) is 0 Å². The molecule has 0 unspecified atom stereocenters. The van der Waals surface area contributed by atoms with Crippen LogP contribution in [0.5, 0.6) is 11.5 Å². The zero-order chi connectivity index (χ0) is 14.2. The van der Waals surface area contributed by atoms with E-state index in [-0.39, 0.29) is 5.91 Å². The number of fused-ring (bicyclic) bond motifs is 1. The van der Waals surface area contributed by atoms with Gasteiger partial charge < -0.3 is 19.5 Å². The number of hydrogen-bond acceptors (Lipinski definition) is 4. The van der Waals surface area contributed by atoms with Crippen molar-refractivity contribution in [2.45, 2.75) is 6.42 Å². The first-order chi connectivity index (χ1) is 9.83. The zero-order valence-electron chi connectivity index (χ0n) is 11.2. The van der Waals surface area contributed by atoms with Crippen LogP contribution in [-0.4, -0.2) is 44.8 Å². The molecule has 20 heavy (non-hydrogen) atoms. The van der Waals surface area contributed by atoms with Gasteiger partial charge in [0.15, 0.2) is 11.5 Å². The Morgan fingerprint density at radius 1 is 1.30 bits per heavy atom. The molecule has 0 saturated carbocycles. The smallest absolute Gasteiger partial charge is 0.255 e. The summed E-state index contributed by atoms with van der Waals surface area (Å²) in [6.07, 6.45) is 0.745. The second kappa shape index (κ2) is 7.97. The number of benzene rings is 1. The molecule has 6 heteroatoms. The Hall–Kier alpha value is -1.46. The van der Waals surface area contributed by atoms with Gasteiger partial charge in [-0.25, -0.2) is 0 Å². The summed E-state index contributed by atoms with van der Waals surface area (Å²) < 4.78 is 16.2. The van der Waals surface area contributed by atoms with Gasteiger partial charge in [-0.1, -0.05) is 6.07 Å². The van der Waals surface area contributed by atoms with E-state index in [1.165, 1.54) is 0 Å². The molecule has 110 valence electrons. The number of nitrogens with one attached hydrogen (secondary N) is 1. The highest BCUT2D eigenvalue weighted by atomic mass is 35.5. The second-order valence-electron chi connectivity index (χ2n) is 4.24. The van der Waals surface area contributed by atoms with E-state index in [1.54, 1.807) is 18.2 Å². The molecule has 1 aromatic carbocycles. The minimum absolute atomic E-state index is 0.162. The molecule has 0 aromatic heterocycles. The predicted molar refractivity (Wildman–Crippen MR) is 75.9 cm³/mol. The predicted octanol–water partition coefficient (Wildman–Crippen LogP) is 1.83. The maximum absolute atomic E-state index is 12.1. The molecule has 1 aliphatic rings. The van der Waals surface area contributed by atoms with Crippen LogP contribution >= 0.6 is 11.6 Å². The van der Waals surface area contributed by atoms with Crippen LogP contribution in [0.15, 0.2) is 18.2 Å². The molecule has 5 nitrogen and oxygen atoms in total. The third-order valence-electron chi connectivity index (χ3n) is 2.78. The summed E-state index contributed by atoms with van der Waals surface area (Å²) in [5, 5.41) is 2.84. The number of amides is 1. The first-order valence-corrected chi connectivity index (χ1v) is 7.17. The average Bonchev–Trinajstić information content (AvgIpc) is 2.50. The standard InChI is InChI=1S/C14H18ClNO4/c15-5-8-18-7-2-6-16-14(17)11-3-1-4-12-13(11)20-10-9-19-12/h1,3-4H,2,5-10H2,(H,16,17). The molecule has 1 aliphatic heterocycles. The number of halogens is 1. The van der Waals surface area contributed by atoms with Crippen molar-refractivity contribution in [3.05, 3.63) is 23.8 Å². The molecule has 0 aliphatic carbocycles. The quantitative estimate of drug-likeness (QED) is 0.616. The summed E-state index contributed by atoms with van der Waals surface area (Å²) in [4.78, 5) is 12.1. The van der Waals surface area contributed by atoms with E-state index in [2.05, 4.69) is 5.32 Å². The van der Waals surface area contributed by atoms with E-state index in [1.807, 2.05) is 0 Å². The van der Waals surface area contributed by atoms with E-state index in [0.29, 0.717) is 55.9 Å². The van der Waals surface area contributed by atoms with Crippen LogP contribution in [0.1, 0.15) is 16.8 Å². The van der Waals surface area contributed by atoms with E-state index >= 15 is 0 Å². The zero-order valence-corrected chi connectivity index (χ0v) is 11.9. The number of rotatable bonds is 7. The fourth-order valence-corrected chi connectivity index (χ4v) is 1.99. The van der Waals surface area contributed by atoms with Gasteiger partial charge in [-0.15, -0.1) is 11.6 Å². The molecule has 0 atom stereocenters. The number of carbonyl (C=O) groups excluding carboxylic acids is 1. The van der Waals surface area contributed by atoms with Gasteiger partial charge in [-0.2, -0.15) is 0 Å². The van der Waals surface area contributed by atoms with Crippen LogP contribution < -0.4 is 14.8 Å². The van der Waals surface area contributed by atoms with E-state index in [4.69, 9.17) is 25.8 Å². The Bertz CT molecular complexity index is 453. The third-order valence-corrected chi connectivity index (χ3v) is 2.94. The first kappa shape index (κ1) is 14.9. The summed E-state index contributed by atoms with van der Waals surface area (Å²) in [6.45, 7) is 2.64. The van der Waals surface area contributed by atoms with Gasteiger partial charge in [0, 0.05) is 19.0 Å². The van der Waals surface area contributed by atoms with E-state index < -0.39 is 0 Å². The molecule has 1 aromatic rings. The van der Waals surface area contributed by atoms with Crippen molar-refractivity contribution in [2.24, 2.45) is 0 Å². The van der Waals surface area contributed by atoms with Gasteiger partial charge >= 0.3 is 0 Å². The average molecular weight is 300 g/mol. The largest absolute Gasteiger partial charge is 0.486 e. The lowest BCUT2D eigenvalue weighted by molar-refractivity contribution is 0.0933. The summed E-state index contributed by atoms with van der Waals surface area (Å²) in [7, 11) is 0. The molecule has 0 bridgehead atoms. The van der Waals surface area contributed by atoms with Crippen LogP contribution in [-0.2, 0) is 4.74 Å². The summed E-state index contributed by atoms with van der Waals surface area (Å²) in [6, 6.07) is 5.31. The van der Waals surface area contributed by atoms with Crippen LogP contribution in [0.2, 0.25) is 0 Å². The highest BCUT2D eigenvalue weighted by Crippen LogP contribution is 2.33. The Balaban J connectivity index is 1.83. The molecular weight excluding hydrogens is 282 g/mol. The lowest BCUT2D eigenvalue weighted by Gasteiger charge is -2.20. The molecule has 2 rings (SSSR count). The van der Waals surface area contributed by atoms with Gasteiger partial charge in [0.1, 0.15) is 13.2 Å². The first-order valence-electron chi connectivity index (χ1n) is 6.63. The monoisotopic (exact) mass is 299 g/mol. The van der Waals surface area contributed by atoms with Crippen molar-refractivity contribution in [1.82, 2.24) is 5.32 Å². The van der Waals surface area contributed by atoms with Crippen LogP contribution in [0, 0.1) is 0 Å². The lowest BCUT2D eigenvalue weighted by atomic mass is 10.1. The lowest BCUT2D eigenvalue weighted by Crippen LogP contribution is -2.27. The molecule has 1 N–H and O–H groups in total. The van der Waals surface area contributed by atoms with Crippen LogP contribution in [0.25, 0.3) is 0 Å². The maximum Gasteiger partial charge on any atom is 0.255 e. The molecule has 0 radical (unpaired) electrons.